The van der Waals surface area contributed by atoms with E-state index < -0.39 is 0 Å². The van der Waals surface area contributed by atoms with Gasteiger partial charge in [0.2, 0.25) is 0 Å². The summed E-state index contributed by atoms with van der Waals surface area (Å²) in [7, 11) is 0. The predicted octanol–water partition coefficient (Wildman–Crippen LogP) is 2.02. The van der Waals surface area contributed by atoms with Crippen molar-refractivity contribution in [2.45, 2.75) is 0 Å². The first-order valence-electron chi connectivity index (χ1n) is 5.82. The van der Waals surface area contributed by atoms with Crippen LogP contribution in [0.25, 0.3) is 0 Å². The number of ether oxygens (including phenoxy) is 1. The highest BCUT2D eigenvalue weighted by Gasteiger charge is 2.12. The molecule has 0 aliphatic carbocycles. The summed E-state index contributed by atoms with van der Waals surface area (Å²) in [6, 6.07) is 5.35. The molecule has 0 atom stereocenters. The summed E-state index contributed by atoms with van der Waals surface area (Å²) in [6.45, 7) is 0. The zero-order valence-corrected chi connectivity index (χ0v) is 10.9. The van der Waals surface area contributed by atoms with Gasteiger partial charge in [-0.25, -0.2) is 0 Å². The summed E-state index contributed by atoms with van der Waals surface area (Å²) in [4.78, 5) is 0. The number of aromatic hydroxyl groups is 2. The second kappa shape index (κ2) is 5.28. The fraction of sp³-hybridized carbons (Fsp3) is 0. The zero-order valence-electron chi connectivity index (χ0n) is 10.9. The van der Waals surface area contributed by atoms with Crippen molar-refractivity contribution < 1.29 is 14.9 Å². The Kier molecular flexibility index (Phi) is 3.51. The lowest BCUT2D eigenvalue weighted by Crippen LogP contribution is -1.95. The van der Waals surface area contributed by atoms with Gasteiger partial charge in [-0.2, -0.15) is 0 Å². The first-order chi connectivity index (χ1) is 9.96. The van der Waals surface area contributed by atoms with Crippen molar-refractivity contribution in [3.05, 3.63) is 35.4 Å². The molecule has 21 heavy (non-hydrogen) atoms. The predicted molar refractivity (Wildman–Crippen MR) is 81.0 cm³/mol. The second-order valence-electron chi connectivity index (χ2n) is 4.21. The molecule has 104 valence electrons. The molecule has 0 aromatic heterocycles. The molecule has 0 bridgehead atoms. The Morgan fingerprint density at radius 3 is 1.52 bits per heavy atom. The average molecular weight is 280 g/mol. The van der Waals surface area contributed by atoms with Gasteiger partial charge in [0.1, 0.15) is 23.0 Å². The fourth-order valence-electron chi connectivity index (χ4n) is 1.68. The third-order valence-electron chi connectivity index (χ3n) is 2.79. The number of nitrogens with two attached hydrogens (primary N) is 2. The van der Waals surface area contributed by atoms with E-state index in [-0.39, 0.29) is 34.4 Å². The molecule has 0 saturated heterocycles. The Bertz CT molecular complexity index is 731. The molecule has 0 saturated carbocycles. The van der Waals surface area contributed by atoms with Crippen LogP contribution in [0.1, 0.15) is 11.1 Å². The van der Waals surface area contributed by atoms with Crippen molar-refractivity contribution >= 4 is 11.4 Å². The number of phenolic OH excluding ortho intramolecular Hbond substituents is 2. The third kappa shape index (κ3) is 2.63. The van der Waals surface area contributed by atoms with Crippen LogP contribution in [0.4, 0.5) is 11.4 Å². The van der Waals surface area contributed by atoms with Crippen LogP contribution < -0.4 is 16.2 Å². The Hall–Kier alpha value is -3.44. The standard InChI is InChI=1S/C16H12N2O3/c1-3-9-5-11(17)13(19)7-15(9)21-16-8-14(20)12(18)6-10(16)4-2/h1-2,5-8,19-20H,17-18H2. The van der Waals surface area contributed by atoms with Crippen molar-refractivity contribution in [2.75, 3.05) is 11.5 Å². The number of anilines is 2. The molecule has 0 aliphatic rings. The first-order valence-corrected chi connectivity index (χ1v) is 5.82. The van der Waals surface area contributed by atoms with E-state index in [1.54, 1.807) is 0 Å². The molecule has 0 fully saturated rings. The Labute approximate surface area is 121 Å². The lowest BCUT2D eigenvalue weighted by atomic mass is 10.1. The highest BCUT2D eigenvalue weighted by molar-refractivity contribution is 5.66. The summed E-state index contributed by atoms with van der Waals surface area (Å²) >= 11 is 0. The van der Waals surface area contributed by atoms with E-state index in [0.717, 1.165) is 0 Å². The summed E-state index contributed by atoms with van der Waals surface area (Å²) < 4.78 is 5.58. The average Bonchev–Trinajstić information content (AvgIpc) is 2.46. The number of benzene rings is 2. The van der Waals surface area contributed by atoms with Crippen LogP contribution >= 0.6 is 0 Å². The van der Waals surface area contributed by atoms with Gasteiger partial charge in [0.25, 0.3) is 0 Å². The maximum atomic E-state index is 9.64. The van der Waals surface area contributed by atoms with Crippen molar-refractivity contribution in [2.24, 2.45) is 0 Å². The molecule has 0 aliphatic heterocycles. The van der Waals surface area contributed by atoms with Crippen LogP contribution in [-0.4, -0.2) is 10.2 Å². The summed E-state index contributed by atoms with van der Waals surface area (Å²) in [5.41, 5.74) is 12.1. The molecule has 2 rings (SSSR count). The Morgan fingerprint density at radius 1 is 0.810 bits per heavy atom. The number of phenols is 2. The SMILES string of the molecule is C#Cc1cc(N)c(O)cc1Oc1cc(O)c(N)cc1C#C. The quantitative estimate of drug-likeness (QED) is 0.383. The van der Waals surface area contributed by atoms with E-state index in [4.69, 9.17) is 29.1 Å². The molecule has 0 unspecified atom stereocenters. The van der Waals surface area contributed by atoms with Crippen LogP contribution in [0.2, 0.25) is 0 Å². The van der Waals surface area contributed by atoms with Gasteiger partial charge in [0, 0.05) is 12.1 Å². The molecule has 0 spiro atoms. The van der Waals surface area contributed by atoms with E-state index in [0.29, 0.717) is 11.1 Å². The second-order valence-corrected chi connectivity index (χ2v) is 4.21. The number of rotatable bonds is 2. The molecule has 2 aromatic carbocycles. The maximum Gasteiger partial charge on any atom is 0.146 e. The summed E-state index contributed by atoms with van der Waals surface area (Å²) in [5, 5.41) is 19.3. The minimum atomic E-state index is -0.175. The molecule has 0 amide bonds. The zero-order chi connectivity index (χ0) is 15.6. The molecule has 0 radical (unpaired) electrons. The van der Waals surface area contributed by atoms with Crippen LogP contribution in [0.3, 0.4) is 0 Å². The summed E-state index contributed by atoms with van der Waals surface area (Å²) in [6.07, 6.45) is 10.7. The van der Waals surface area contributed by atoms with Crippen molar-refractivity contribution in [3.63, 3.8) is 0 Å². The van der Waals surface area contributed by atoms with Crippen LogP contribution in [0.15, 0.2) is 24.3 Å². The fourth-order valence-corrected chi connectivity index (χ4v) is 1.68. The minimum absolute atomic E-state index is 0.132. The van der Waals surface area contributed by atoms with Crippen molar-refractivity contribution in [1.82, 2.24) is 0 Å². The third-order valence-corrected chi connectivity index (χ3v) is 2.79. The number of terminal acetylenes is 2. The van der Waals surface area contributed by atoms with Gasteiger partial charge in [0.15, 0.2) is 0 Å². The Morgan fingerprint density at radius 2 is 1.19 bits per heavy atom. The maximum absolute atomic E-state index is 9.64. The first kappa shape index (κ1) is 14.0. The molecule has 2 aromatic rings. The smallest absolute Gasteiger partial charge is 0.146 e. The normalized spacial score (nSPS) is 9.62. The van der Waals surface area contributed by atoms with E-state index in [1.807, 2.05) is 0 Å². The van der Waals surface area contributed by atoms with Gasteiger partial charge in [-0.3, -0.25) is 0 Å². The number of hydrogen-bond acceptors (Lipinski definition) is 5. The lowest BCUT2D eigenvalue weighted by molar-refractivity contribution is 0.446. The number of nitrogen functional groups attached to an aromatic ring is 2. The topological polar surface area (TPSA) is 102 Å². The minimum Gasteiger partial charge on any atom is -0.506 e. The van der Waals surface area contributed by atoms with Crippen molar-refractivity contribution in [3.8, 4) is 47.7 Å². The van der Waals surface area contributed by atoms with E-state index in [2.05, 4.69) is 11.8 Å². The number of hydrogen-bond donors (Lipinski definition) is 4. The van der Waals surface area contributed by atoms with Gasteiger partial charge < -0.3 is 26.4 Å². The lowest BCUT2D eigenvalue weighted by Gasteiger charge is -2.12. The Balaban J connectivity index is 2.54. The molecule has 5 heteroatoms. The van der Waals surface area contributed by atoms with E-state index >= 15 is 0 Å². The highest BCUT2D eigenvalue weighted by atomic mass is 16.5. The summed E-state index contributed by atoms with van der Waals surface area (Å²) in [5.74, 6) is 4.80. The van der Waals surface area contributed by atoms with Gasteiger partial charge >= 0.3 is 0 Å². The highest BCUT2D eigenvalue weighted by Crippen LogP contribution is 2.36. The largest absolute Gasteiger partial charge is 0.506 e. The van der Waals surface area contributed by atoms with Crippen LogP contribution in [0, 0.1) is 24.7 Å². The van der Waals surface area contributed by atoms with Gasteiger partial charge in [-0.05, 0) is 12.1 Å². The molecule has 0 heterocycles. The van der Waals surface area contributed by atoms with E-state index in [1.165, 1.54) is 24.3 Å². The molecule has 6 N–H and O–H groups in total. The molecular weight excluding hydrogens is 268 g/mol. The van der Waals surface area contributed by atoms with E-state index in [9.17, 15) is 10.2 Å². The van der Waals surface area contributed by atoms with Gasteiger partial charge in [-0.1, -0.05) is 11.8 Å². The van der Waals surface area contributed by atoms with Crippen molar-refractivity contribution in [1.29, 1.82) is 0 Å². The monoisotopic (exact) mass is 280 g/mol. The van der Waals surface area contributed by atoms with Crippen LogP contribution in [-0.2, 0) is 0 Å². The molecular formula is C16H12N2O3. The molecule has 5 nitrogen and oxygen atoms in total. The van der Waals surface area contributed by atoms with Gasteiger partial charge in [0.05, 0.1) is 22.5 Å². The van der Waals surface area contributed by atoms with Gasteiger partial charge in [-0.15, -0.1) is 12.8 Å². The van der Waals surface area contributed by atoms with Crippen LogP contribution in [0.5, 0.6) is 23.0 Å².